The molecule has 1 aliphatic rings. The largest absolute Gasteiger partial charge is 0.302 e. The van der Waals surface area contributed by atoms with Gasteiger partial charge in [-0.1, -0.05) is 30.3 Å². The van der Waals surface area contributed by atoms with Gasteiger partial charge in [0, 0.05) is 42.3 Å². The number of fused-ring (bicyclic) bond motifs is 2. The van der Waals surface area contributed by atoms with Crippen LogP contribution in [0.4, 0.5) is 5.13 Å². The van der Waals surface area contributed by atoms with Crippen molar-refractivity contribution < 1.29 is 4.79 Å². The van der Waals surface area contributed by atoms with E-state index in [4.69, 9.17) is 0 Å². The fraction of sp³-hybridized carbons (Fsp3) is 0.318. The van der Waals surface area contributed by atoms with Gasteiger partial charge in [-0.25, -0.2) is 14.5 Å². The highest BCUT2D eigenvalue weighted by molar-refractivity contribution is 7.15. The quantitative estimate of drug-likeness (QED) is 0.521. The van der Waals surface area contributed by atoms with E-state index in [0.29, 0.717) is 16.7 Å². The Hall–Kier alpha value is -3.17. The third-order valence-corrected chi connectivity index (χ3v) is 6.28. The summed E-state index contributed by atoms with van der Waals surface area (Å²) in [6, 6.07) is 12.4. The average molecular weight is 434 g/mol. The van der Waals surface area contributed by atoms with Crippen LogP contribution in [0.3, 0.4) is 0 Å². The molecule has 31 heavy (non-hydrogen) atoms. The Labute approximate surface area is 184 Å². The summed E-state index contributed by atoms with van der Waals surface area (Å²) in [5.41, 5.74) is 4.21. The molecule has 0 radical (unpaired) electrons. The third kappa shape index (κ3) is 4.33. The Kier molecular flexibility index (Phi) is 5.21. The van der Waals surface area contributed by atoms with E-state index < -0.39 is 0 Å². The second kappa shape index (κ2) is 8.16. The lowest BCUT2D eigenvalue weighted by Crippen LogP contribution is -2.29. The maximum atomic E-state index is 12.6. The van der Waals surface area contributed by atoms with Crippen LogP contribution in [0.5, 0.6) is 0 Å². The summed E-state index contributed by atoms with van der Waals surface area (Å²) in [7, 11) is 0. The molecule has 3 aromatic heterocycles. The van der Waals surface area contributed by atoms with E-state index in [1.165, 1.54) is 10.4 Å². The van der Waals surface area contributed by atoms with Crippen LogP contribution in [-0.2, 0) is 30.7 Å². The average Bonchev–Trinajstić information content (AvgIpc) is 3.31. The number of thiazole rings is 1. The summed E-state index contributed by atoms with van der Waals surface area (Å²) in [5.74, 6) is 0.801. The zero-order chi connectivity index (χ0) is 21.4. The van der Waals surface area contributed by atoms with E-state index in [-0.39, 0.29) is 12.3 Å². The van der Waals surface area contributed by atoms with Crippen molar-refractivity contribution in [2.24, 2.45) is 0 Å². The molecule has 0 aliphatic carbocycles. The molecule has 1 amide bonds. The van der Waals surface area contributed by atoms with Gasteiger partial charge in [0.25, 0.3) is 5.78 Å². The van der Waals surface area contributed by atoms with Gasteiger partial charge in [0.05, 0.1) is 12.1 Å². The molecule has 5 rings (SSSR count). The Morgan fingerprint density at radius 3 is 2.84 bits per heavy atom. The van der Waals surface area contributed by atoms with Crippen LogP contribution in [0, 0.1) is 13.8 Å². The van der Waals surface area contributed by atoms with Crippen molar-refractivity contribution in [3.05, 3.63) is 69.7 Å². The SMILES string of the molecule is Cc1cc(C)n2nc(CC(=O)Nc3nc4c(s3)CN(Cc3ccccc3)CC4)nc2n1. The van der Waals surface area contributed by atoms with Gasteiger partial charge in [0.1, 0.15) is 0 Å². The predicted molar refractivity (Wildman–Crippen MR) is 119 cm³/mol. The minimum absolute atomic E-state index is 0.0895. The lowest BCUT2D eigenvalue weighted by atomic mass is 10.1. The number of hydrogen-bond donors (Lipinski definition) is 1. The van der Waals surface area contributed by atoms with E-state index in [9.17, 15) is 4.79 Å². The molecule has 1 aromatic carbocycles. The first-order chi connectivity index (χ1) is 15.0. The highest BCUT2D eigenvalue weighted by Crippen LogP contribution is 2.29. The molecule has 0 spiro atoms. The van der Waals surface area contributed by atoms with Crippen LogP contribution in [0.1, 0.15) is 33.3 Å². The number of carbonyl (C=O) groups excluding carboxylic acids is 1. The number of nitrogens with zero attached hydrogens (tertiary/aromatic N) is 6. The molecule has 4 aromatic rings. The van der Waals surface area contributed by atoms with Crippen molar-refractivity contribution in [3.8, 4) is 0 Å². The van der Waals surface area contributed by atoms with Crippen LogP contribution in [0.15, 0.2) is 36.4 Å². The standard InChI is InChI=1S/C22H23N7OS/c1-14-10-15(2)29-21(23-14)25-19(27-29)11-20(30)26-22-24-17-8-9-28(13-18(17)31-22)12-16-6-4-3-5-7-16/h3-7,10H,8-9,11-13H2,1-2H3,(H,24,26,30). The Morgan fingerprint density at radius 2 is 2.00 bits per heavy atom. The van der Waals surface area contributed by atoms with Gasteiger partial charge in [-0.2, -0.15) is 4.98 Å². The molecule has 9 heteroatoms. The van der Waals surface area contributed by atoms with Gasteiger partial charge in [-0.15, -0.1) is 16.4 Å². The van der Waals surface area contributed by atoms with Crippen molar-refractivity contribution >= 4 is 28.2 Å². The zero-order valence-electron chi connectivity index (χ0n) is 17.5. The second-order valence-electron chi connectivity index (χ2n) is 7.84. The normalized spacial score (nSPS) is 14.0. The molecule has 0 atom stereocenters. The molecule has 8 nitrogen and oxygen atoms in total. The summed E-state index contributed by atoms with van der Waals surface area (Å²) in [6.45, 7) is 6.61. The smallest absolute Gasteiger partial charge is 0.252 e. The summed E-state index contributed by atoms with van der Waals surface area (Å²) in [4.78, 5) is 29.6. The number of benzene rings is 1. The monoisotopic (exact) mass is 433 g/mol. The topological polar surface area (TPSA) is 88.3 Å². The molecule has 4 heterocycles. The van der Waals surface area contributed by atoms with E-state index in [0.717, 1.165) is 43.1 Å². The maximum Gasteiger partial charge on any atom is 0.252 e. The third-order valence-electron chi connectivity index (χ3n) is 5.29. The first-order valence-corrected chi connectivity index (χ1v) is 11.1. The van der Waals surface area contributed by atoms with Gasteiger partial charge in [0.15, 0.2) is 11.0 Å². The van der Waals surface area contributed by atoms with Crippen LogP contribution in [-0.4, -0.2) is 41.9 Å². The Morgan fingerprint density at radius 1 is 1.16 bits per heavy atom. The summed E-state index contributed by atoms with van der Waals surface area (Å²) < 4.78 is 1.67. The number of aromatic nitrogens is 5. The number of rotatable bonds is 5. The maximum absolute atomic E-state index is 12.6. The summed E-state index contributed by atoms with van der Waals surface area (Å²) in [5, 5.41) is 7.98. The number of hydrogen-bond acceptors (Lipinski definition) is 7. The molecular formula is C22H23N7OS. The fourth-order valence-electron chi connectivity index (χ4n) is 3.87. The van der Waals surface area contributed by atoms with Crippen LogP contribution < -0.4 is 5.32 Å². The number of amides is 1. The van der Waals surface area contributed by atoms with Gasteiger partial charge >= 0.3 is 0 Å². The second-order valence-corrected chi connectivity index (χ2v) is 8.92. The first-order valence-electron chi connectivity index (χ1n) is 10.3. The lowest BCUT2D eigenvalue weighted by Gasteiger charge is -2.25. The van der Waals surface area contributed by atoms with E-state index in [2.05, 4.69) is 54.5 Å². The molecule has 1 aliphatic heterocycles. The first kappa shape index (κ1) is 19.8. The molecule has 158 valence electrons. The van der Waals surface area contributed by atoms with Gasteiger partial charge in [-0.3, -0.25) is 9.69 Å². The van der Waals surface area contributed by atoms with E-state index >= 15 is 0 Å². The number of anilines is 1. The van der Waals surface area contributed by atoms with Crippen LogP contribution in [0.25, 0.3) is 5.78 Å². The minimum Gasteiger partial charge on any atom is -0.302 e. The predicted octanol–water partition coefficient (Wildman–Crippen LogP) is 2.94. The molecular weight excluding hydrogens is 410 g/mol. The molecule has 0 bridgehead atoms. The molecule has 0 unspecified atom stereocenters. The fourth-order valence-corrected chi connectivity index (χ4v) is 4.93. The molecule has 1 N–H and O–H groups in total. The van der Waals surface area contributed by atoms with E-state index in [1.54, 1.807) is 15.9 Å². The number of nitrogens with one attached hydrogen (secondary N) is 1. The van der Waals surface area contributed by atoms with Crippen molar-refractivity contribution in [2.45, 2.75) is 39.8 Å². The molecule has 0 saturated heterocycles. The Balaban J connectivity index is 1.23. The summed E-state index contributed by atoms with van der Waals surface area (Å²) in [6.07, 6.45) is 0.985. The van der Waals surface area contributed by atoms with Crippen molar-refractivity contribution in [2.75, 3.05) is 11.9 Å². The van der Waals surface area contributed by atoms with Crippen LogP contribution in [0.2, 0.25) is 0 Å². The highest BCUT2D eigenvalue weighted by Gasteiger charge is 2.22. The van der Waals surface area contributed by atoms with E-state index in [1.807, 2.05) is 26.0 Å². The van der Waals surface area contributed by atoms with Crippen LogP contribution >= 0.6 is 11.3 Å². The van der Waals surface area contributed by atoms with Crippen molar-refractivity contribution in [1.29, 1.82) is 0 Å². The molecule has 0 saturated carbocycles. The minimum atomic E-state index is -0.169. The van der Waals surface area contributed by atoms with Crippen molar-refractivity contribution in [1.82, 2.24) is 29.5 Å². The lowest BCUT2D eigenvalue weighted by molar-refractivity contribution is -0.115. The Bertz CT molecular complexity index is 1250. The number of carbonyl (C=O) groups is 1. The van der Waals surface area contributed by atoms with Crippen molar-refractivity contribution in [3.63, 3.8) is 0 Å². The highest BCUT2D eigenvalue weighted by atomic mass is 32.1. The van der Waals surface area contributed by atoms with Gasteiger partial charge in [-0.05, 0) is 25.5 Å². The number of aryl methyl sites for hydroxylation is 2. The summed E-state index contributed by atoms with van der Waals surface area (Å²) >= 11 is 1.55. The van der Waals surface area contributed by atoms with Gasteiger partial charge in [0.2, 0.25) is 5.91 Å². The molecule has 0 fully saturated rings. The van der Waals surface area contributed by atoms with Gasteiger partial charge < -0.3 is 5.32 Å². The zero-order valence-corrected chi connectivity index (χ0v) is 18.3.